The second-order valence-corrected chi connectivity index (χ2v) is 4.32. The molecular formula is C12H18ClN. The molecule has 1 nitrogen and oxygen atoms in total. The van der Waals surface area contributed by atoms with Gasteiger partial charge in [0.15, 0.2) is 0 Å². The van der Waals surface area contributed by atoms with E-state index in [-0.39, 0.29) is 12.4 Å². The normalized spacial score (nSPS) is 15.4. The van der Waals surface area contributed by atoms with Gasteiger partial charge in [-0.3, -0.25) is 0 Å². The molecule has 0 unspecified atom stereocenters. The van der Waals surface area contributed by atoms with E-state index in [1.807, 2.05) is 0 Å². The summed E-state index contributed by atoms with van der Waals surface area (Å²) in [4.78, 5) is 0. The summed E-state index contributed by atoms with van der Waals surface area (Å²) in [6.07, 6.45) is 2.65. The van der Waals surface area contributed by atoms with Crippen LogP contribution in [0.1, 0.15) is 49.7 Å². The number of rotatable bonds is 2. The standard InChI is InChI=1S/C12H17N.ClH/c1-8(2)10-5-6-12(13)11(7-10)9-3-4-9;/h5-9H,3-4,13H2,1-2H3;1H. The molecule has 2 rings (SSSR count). The lowest BCUT2D eigenvalue weighted by Crippen LogP contribution is -1.95. The van der Waals surface area contributed by atoms with Gasteiger partial charge in [-0.1, -0.05) is 26.0 Å². The minimum atomic E-state index is 0. The molecule has 0 atom stereocenters. The molecule has 0 spiro atoms. The Bertz CT molecular complexity index is 316. The largest absolute Gasteiger partial charge is 0.398 e. The quantitative estimate of drug-likeness (QED) is 0.742. The number of nitrogen functional groups attached to an aromatic ring is 1. The average Bonchev–Trinajstić information content (AvgIpc) is 2.87. The summed E-state index contributed by atoms with van der Waals surface area (Å²) < 4.78 is 0. The highest BCUT2D eigenvalue weighted by Gasteiger charge is 2.25. The molecule has 78 valence electrons. The first-order valence-electron chi connectivity index (χ1n) is 5.08. The van der Waals surface area contributed by atoms with Crippen LogP contribution in [0.15, 0.2) is 18.2 Å². The molecule has 2 N–H and O–H groups in total. The van der Waals surface area contributed by atoms with Crippen LogP contribution in [-0.4, -0.2) is 0 Å². The van der Waals surface area contributed by atoms with E-state index in [2.05, 4.69) is 32.0 Å². The van der Waals surface area contributed by atoms with E-state index < -0.39 is 0 Å². The fraction of sp³-hybridized carbons (Fsp3) is 0.500. The molecule has 1 saturated carbocycles. The summed E-state index contributed by atoms with van der Waals surface area (Å²) >= 11 is 0. The van der Waals surface area contributed by atoms with Crippen LogP contribution in [0.2, 0.25) is 0 Å². The van der Waals surface area contributed by atoms with Crippen LogP contribution in [0.5, 0.6) is 0 Å². The maximum Gasteiger partial charge on any atom is 0.0349 e. The molecule has 1 aromatic carbocycles. The van der Waals surface area contributed by atoms with Crippen molar-refractivity contribution in [2.45, 2.75) is 38.5 Å². The van der Waals surface area contributed by atoms with E-state index in [0.717, 1.165) is 11.6 Å². The van der Waals surface area contributed by atoms with Crippen molar-refractivity contribution in [3.05, 3.63) is 29.3 Å². The zero-order valence-corrected chi connectivity index (χ0v) is 9.60. The Hall–Kier alpha value is -0.690. The van der Waals surface area contributed by atoms with Gasteiger partial charge in [0.05, 0.1) is 0 Å². The van der Waals surface area contributed by atoms with Crippen LogP contribution in [0.3, 0.4) is 0 Å². The molecule has 1 aliphatic carbocycles. The number of benzene rings is 1. The highest BCUT2D eigenvalue weighted by molar-refractivity contribution is 5.85. The smallest absolute Gasteiger partial charge is 0.0349 e. The SMILES string of the molecule is CC(C)c1ccc(N)c(C2CC2)c1.Cl. The van der Waals surface area contributed by atoms with E-state index in [0.29, 0.717) is 5.92 Å². The van der Waals surface area contributed by atoms with Crippen LogP contribution in [0, 0.1) is 0 Å². The van der Waals surface area contributed by atoms with Crippen molar-refractivity contribution in [2.24, 2.45) is 0 Å². The second kappa shape index (κ2) is 4.22. The van der Waals surface area contributed by atoms with Gasteiger partial charge in [0.25, 0.3) is 0 Å². The predicted molar refractivity (Wildman–Crippen MR) is 64.2 cm³/mol. The monoisotopic (exact) mass is 211 g/mol. The topological polar surface area (TPSA) is 26.0 Å². The highest BCUT2D eigenvalue weighted by Crippen LogP contribution is 2.43. The number of anilines is 1. The summed E-state index contributed by atoms with van der Waals surface area (Å²) in [7, 11) is 0. The number of halogens is 1. The van der Waals surface area contributed by atoms with E-state index in [9.17, 15) is 0 Å². The molecule has 0 saturated heterocycles. The average molecular weight is 212 g/mol. The van der Waals surface area contributed by atoms with Gasteiger partial charge < -0.3 is 5.73 Å². The van der Waals surface area contributed by atoms with Crippen LogP contribution >= 0.6 is 12.4 Å². The van der Waals surface area contributed by atoms with Crippen LogP contribution in [0.4, 0.5) is 5.69 Å². The molecule has 1 aliphatic rings. The molecule has 0 aliphatic heterocycles. The molecule has 0 heterocycles. The van der Waals surface area contributed by atoms with Crippen molar-refractivity contribution in [3.63, 3.8) is 0 Å². The van der Waals surface area contributed by atoms with Crippen LogP contribution in [-0.2, 0) is 0 Å². The van der Waals surface area contributed by atoms with Crippen LogP contribution < -0.4 is 5.73 Å². The van der Waals surface area contributed by atoms with Crippen molar-refractivity contribution in [1.82, 2.24) is 0 Å². The fourth-order valence-electron chi connectivity index (χ4n) is 1.70. The Morgan fingerprint density at radius 1 is 1.29 bits per heavy atom. The Kier molecular flexibility index (Phi) is 3.43. The Morgan fingerprint density at radius 3 is 2.43 bits per heavy atom. The molecule has 1 aromatic rings. The molecule has 0 amide bonds. The third-order valence-corrected chi connectivity index (χ3v) is 2.79. The summed E-state index contributed by atoms with van der Waals surface area (Å²) in [6.45, 7) is 4.45. The zero-order chi connectivity index (χ0) is 9.42. The minimum absolute atomic E-state index is 0. The first-order valence-corrected chi connectivity index (χ1v) is 5.08. The molecule has 14 heavy (non-hydrogen) atoms. The summed E-state index contributed by atoms with van der Waals surface area (Å²) in [6, 6.07) is 6.49. The number of hydrogen-bond acceptors (Lipinski definition) is 1. The third-order valence-electron chi connectivity index (χ3n) is 2.79. The maximum absolute atomic E-state index is 5.93. The van der Waals surface area contributed by atoms with Crippen LogP contribution in [0.25, 0.3) is 0 Å². The molecular weight excluding hydrogens is 194 g/mol. The van der Waals surface area contributed by atoms with Gasteiger partial charge in [0, 0.05) is 5.69 Å². The highest BCUT2D eigenvalue weighted by atomic mass is 35.5. The van der Waals surface area contributed by atoms with Gasteiger partial charge in [-0.05, 0) is 41.9 Å². The van der Waals surface area contributed by atoms with Crippen molar-refractivity contribution >= 4 is 18.1 Å². The predicted octanol–water partition coefficient (Wildman–Crippen LogP) is 3.69. The van der Waals surface area contributed by atoms with Crippen molar-refractivity contribution < 1.29 is 0 Å². The summed E-state index contributed by atoms with van der Waals surface area (Å²) in [5.74, 6) is 1.37. The van der Waals surface area contributed by atoms with Crippen molar-refractivity contribution in [1.29, 1.82) is 0 Å². The molecule has 2 heteroatoms. The Labute approximate surface area is 92.1 Å². The summed E-state index contributed by atoms with van der Waals surface area (Å²) in [5.41, 5.74) is 9.70. The van der Waals surface area contributed by atoms with E-state index in [4.69, 9.17) is 5.73 Å². The second-order valence-electron chi connectivity index (χ2n) is 4.32. The van der Waals surface area contributed by atoms with E-state index in [1.54, 1.807) is 0 Å². The maximum atomic E-state index is 5.93. The van der Waals surface area contributed by atoms with Crippen molar-refractivity contribution in [3.8, 4) is 0 Å². The lowest BCUT2D eigenvalue weighted by molar-refractivity contribution is 0.862. The summed E-state index contributed by atoms with van der Waals surface area (Å²) in [5, 5.41) is 0. The lowest BCUT2D eigenvalue weighted by atomic mass is 9.98. The first-order chi connectivity index (χ1) is 6.18. The third kappa shape index (κ3) is 2.21. The molecule has 0 radical (unpaired) electrons. The van der Waals surface area contributed by atoms with Gasteiger partial charge in [-0.15, -0.1) is 12.4 Å². The molecule has 1 fully saturated rings. The van der Waals surface area contributed by atoms with Gasteiger partial charge >= 0.3 is 0 Å². The number of nitrogens with two attached hydrogens (primary N) is 1. The Balaban J connectivity index is 0.000000980. The Morgan fingerprint density at radius 2 is 1.93 bits per heavy atom. The number of hydrogen-bond donors (Lipinski definition) is 1. The first kappa shape index (κ1) is 11.4. The minimum Gasteiger partial charge on any atom is -0.398 e. The van der Waals surface area contributed by atoms with Gasteiger partial charge in [0.1, 0.15) is 0 Å². The van der Waals surface area contributed by atoms with Crippen molar-refractivity contribution in [2.75, 3.05) is 5.73 Å². The van der Waals surface area contributed by atoms with E-state index >= 15 is 0 Å². The lowest BCUT2D eigenvalue weighted by Gasteiger charge is -2.10. The zero-order valence-electron chi connectivity index (χ0n) is 8.79. The van der Waals surface area contributed by atoms with Gasteiger partial charge in [-0.2, -0.15) is 0 Å². The van der Waals surface area contributed by atoms with Gasteiger partial charge in [0.2, 0.25) is 0 Å². The fourth-order valence-corrected chi connectivity index (χ4v) is 1.70. The van der Waals surface area contributed by atoms with E-state index in [1.165, 1.54) is 24.0 Å². The molecule has 0 aromatic heterocycles. The molecule has 0 bridgehead atoms. The van der Waals surface area contributed by atoms with Gasteiger partial charge in [-0.25, -0.2) is 0 Å².